The predicted molar refractivity (Wildman–Crippen MR) is 109 cm³/mol. The Morgan fingerprint density at radius 1 is 1.11 bits per heavy atom. The molecule has 142 valence electrons. The number of benzene rings is 2. The molecule has 0 unspecified atom stereocenters. The molecule has 28 heavy (non-hydrogen) atoms. The maximum absolute atomic E-state index is 6.29. The molecule has 2 heterocycles. The first kappa shape index (κ1) is 18.5. The van der Waals surface area contributed by atoms with Crippen LogP contribution in [0.1, 0.15) is 5.56 Å². The Hall–Kier alpha value is -2.84. The fraction of sp³-hybridized carbons (Fsp3) is 0.158. The molecule has 0 amide bonds. The highest BCUT2D eigenvalue weighted by molar-refractivity contribution is 7.98. The molecule has 0 radical (unpaired) electrons. The van der Waals surface area contributed by atoms with Gasteiger partial charge in [-0.15, -0.1) is 5.10 Å². The lowest BCUT2D eigenvalue weighted by Gasteiger charge is -2.11. The van der Waals surface area contributed by atoms with Crippen molar-refractivity contribution in [2.45, 2.75) is 10.9 Å². The number of ether oxygens (including phenoxy) is 2. The molecule has 0 aliphatic rings. The summed E-state index contributed by atoms with van der Waals surface area (Å²) in [5.41, 5.74) is 2.63. The second-order valence-electron chi connectivity index (χ2n) is 5.81. The summed E-state index contributed by atoms with van der Waals surface area (Å²) in [4.78, 5) is 4.48. The van der Waals surface area contributed by atoms with Gasteiger partial charge in [-0.25, -0.2) is 0 Å². The van der Waals surface area contributed by atoms with E-state index in [0.717, 1.165) is 16.5 Å². The molecular weight excluding hydrogens is 398 g/mol. The van der Waals surface area contributed by atoms with Crippen LogP contribution in [-0.2, 0) is 5.75 Å². The number of tetrazole rings is 1. The van der Waals surface area contributed by atoms with E-state index in [2.05, 4.69) is 20.5 Å². The summed E-state index contributed by atoms with van der Waals surface area (Å²) in [5.74, 6) is 1.97. The molecule has 0 saturated carbocycles. The van der Waals surface area contributed by atoms with Crippen molar-refractivity contribution in [3.05, 3.63) is 59.2 Å². The van der Waals surface area contributed by atoms with Crippen LogP contribution in [0.3, 0.4) is 0 Å². The van der Waals surface area contributed by atoms with Crippen LogP contribution in [0.15, 0.2) is 53.8 Å². The molecular formula is C19H16ClN5O2S. The fourth-order valence-corrected chi connectivity index (χ4v) is 3.92. The molecule has 0 N–H and O–H groups in total. The van der Waals surface area contributed by atoms with Crippen LogP contribution in [0.5, 0.6) is 11.5 Å². The van der Waals surface area contributed by atoms with Crippen molar-refractivity contribution in [2.75, 3.05) is 14.2 Å². The highest BCUT2D eigenvalue weighted by Crippen LogP contribution is 2.32. The van der Waals surface area contributed by atoms with Gasteiger partial charge in [0.05, 0.1) is 19.7 Å². The zero-order chi connectivity index (χ0) is 19.5. The number of pyridine rings is 1. The number of thioether (sulfide) groups is 1. The van der Waals surface area contributed by atoms with Gasteiger partial charge in [-0.2, -0.15) is 4.68 Å². The van der Waals surface area contributed by atoms with Gasteiger partial charge in [0.2, 0.25) is 5.16 Å². The number of fused-ring (bicyclic) bond motifs is 1. The van der Waals surface area contributed by atoms with E-state index in [0.29, 0.717) is 33.1 Å². The van der Waals surface area contributed by atoms with Crippen LogP contribution in [0.25, 0.3) is 16.6 Å². The molecule has 0 saturated heterocycles. The summed E-state index contributed by atoms with van der Waals surface area (Å²) in [6.45, 7) is 0. The summed E-state index contributed by atoms with van der Waals surface area (Å²) in [6, 6.07) is 13.2. The zero-order valence-electron chi connectivity index (χ0n) is 15.2. The normalized spacial score (nSPS) is 11.0. The molecule has 7 nitrogen and oxygen atoms in total. The molecule has 2 aromatic heterocycles. The minimum absolute atomic E-state index is 0.630. The minimum atomic E-state index is 0.630. The summed E-state index contributed by atoms with van der Waals surface area (Å²) in [6.07, 6.45) is 1.76. The number of methoxy groups -OCH3 is 2. The van der Waals surface area contributed by atoms with Crippen molar-refractivity contribution >= 4 is 34.3 Å². The smallest absolute Gasteiger partial charge is 0.214 e. The Morgan fingerprint density at radius 2 is 2.00 bits per heavy atom. The van der Waals surface area contributed by atoms with Crippen LogP contribution in [-0.4, -0.2) is 39.4 Å². The van der Waals surface area contributed by atoms with Crippen molar-refractivity contribution in [3.63, 3.8) is 0 Å². The lowest BCUT2D eigenvalue weighted by molar-refractivity contribution is 0.399. The van der Waals surface area contributed by atoms with Crippen LogP contribution < -0.4 is 9.47 Å². The molecule has 4 aromatic rings. The molecule has 9 heteroatoms. The lowest BCUT2D eigenvalue weighted by Crippen LogP contribution is -2.03. The Morgan fingerprint density at radius 3 is 2.82 bits per heavy atom. The van der Waals surface area contributed by atoms with Crippen LogP contribution in [0.4, 0.5) is 0 Å². The van der Waals surface area contributed by atoms with E-state index in [4.69, 9.17) is 21.1 Å². The van der Waals surface area contributed by atoms with Crippen molar-refractivity contribution in [1.29, 1.82) is 0 Å². The van der Waals surface area contributed by atoms with Gasteiger partial charge in [-0.05, 0) is 46.3 Å². The maximum Gasteiger partial charge on any atom is 0.214 e. The van der Waals surface area contributed by atoms with Crippen LogP contribution in [0, 0.1) is 0 Å². The number of hydrogen-bond donors (Lipinski definition) is 0. The van der Waals surface area contributed by atoms with Crippen molar-refractivity contribution in [1.82, 2.24) is 25.2 Å². The second kappa shape index (κ2) is 8.04. The van der Waals surface area contributed by atoms with E-state index in [9.17, 15) is 0 Å². The number of halogens is 1. The zero-order valence-corrected chi connectivity index (χ0v) is 16.7. The van der Waals surface area contributed by atoms with E-state index in [-0.39, 0.29) is 0 Å². The summed E-state index contributed by atoms with van der Waals surface area (Å²) >= 11 is 7.79. The number of nitrogens with zero attached hydrogens (tertiary/aromatic N) is 5. The third-order valence-electron chi connectivity index (χ3n) is 4.21. The third-order valence-corrected chi connectivity index (χ3v) is 5.51. The molecule has 0 aliphatic carbocycles. The van der Waals surface area contributed by atoms with Gasteiger partial charge >= 0.3 is 0 Å². The van der Waals surface area contributed by atoms with Crippen LogP contribution >= 0.6 is 23.4 Å². The Labute approximate surface area is 170 Å². The highest BCUT2D eigenvalue weighted by atomic mass is 35.5. The Bertz CT molecular complexity index is 1130. The molecule has 0 spiro atoms. The maximum atomic E-state index is 6.29. The monoisotopic (exact) mass is 413 g/mol. The van der Waals surface area contributed by atoms with Gasteiger partial charge in [0.1, 0.15) is 17.2 Å². The van der Waals surface area contributed by atoms with Crippen molar-refractivity contribution < 1.29 is 9.47 Å². The molecule has 0 aliphatic heterocycles. The first-order valence-electron chi connectivity index (χ1n) is 8.37. The fourth-order valence-electron chi connectivity index (χ4n) is 2.84. The van der Waals surface area contributed by atoms with Gasteiger partial charge < -0.3 is 9.47 Å². The Balaban J connectivity index is 1.66. The van der Waals surface area contributed by atoms with E-state index < -0.39 is 0 Å². The van der Waals surface area contributed by atoms with E-state index in [1.165, 1.54) is 11.8 Å². The van der Waals surface area contributed by atoms with Crippen molar-refractivity contribution in [3.8, 4) is 17.2 Å². The quantitative estimate of drug-likeness (QED) is 0.439. The number of rotatable bonds is 6. The first-order valence-corrected chi connectivity index (χ1v) is 9.73. The second-order valence-corrected chi connectivity index (χ2v) is 7.16. The average molecular weight is 414 g/mol. The number of hydrogen-bond acceptors (Lipinski definition) is 7. The lowest BCUT2D eigenvalue weighted by atomic mass is 10.1. The Kier molecular flexibility index (Phi) is 5.31. The van der Waals surface area contributed by atoms with Crippen LogP contribution in [0.2, 0.25) is 5.02 Å². The highest BCUT2D eigenvalue weighted by Gasteiger charge is 2.16. The molecule has 0 atom stereocenters. The van der Waals surface area contributed by atoms with E-state index in [1.807, 2.05) is 42.5 Å². The topological polar surface area (TPSA) is 75.0 Å². The largest absolute Gasteiger partial charge is 0.497 e. The van der Waals surface area contributed by atoms with Gasteiger partial charge in [-0.3, -0.25) is 4.98 Å². The van der Waals surface area contributed by atoms with Gasteiger partial charge in [-0.1, -0.05) is 29.4 Å². The van der Waals surface area contributed by atoms with Crippen molar-refractivity contribution in [2.24, 2.45) is 0 Å². The van der Waals surface area contributed by atoms with Gasteiger partial charge in [0.25, 0.3) is 0 Å². The molecule has 4 rings (SSSR count). The third kappa shape index (κ3) is 3.48. The van der Waals surface area contributed by atoms with E-state index in [1.54, 1.807) is 25.1 Å². The summed E-state index contributed by atoms with van der Waals surface area (Å²) in [5, 5.41) is 14.3. The first-order chi connectivity index (χ1) is 13.7. The standard InChI is InChI=1S/C19H16ClN5O2S/c1-26-13-6-8-17(27-2)16(10-13)25-19(22-23-24-25)28-11-12-5-7-15(20)14-4-3-9-21-18(12)14/h3-10H,11H2,1-2H3. The van der Waals surface area contributed by atoms with E-state index >= 15 is 0 Å². The molecule has 2 aromatic carbocycles. The predicted octanol–water partition coefficient (Wildman–Crippen LogP) is 4.17. The number of aromatic nitrogens is 5. The summed E-state index contributed by atoms with van der Waals surface area (Å²) < 4.78 is 12.4. The molecule has 0 fully saturated rings. The molecule has 0 bridgehead atoms. The van der Waals surface area contributed by atoms with Gasteiger partial charge in [0.15, 0.2) is 0 Å². The average Bonchev–Trinajstić information content (AvgIpc) is 3.21. The van der Waals surface area contributed by atoms with Gasteiger partial charge in [0, 0.05) is 28.4 Å². The minimum Gasteiger partial charge on any atom is -0.497 e. The summed E-state index contributed by atoms with van der Waals surface area (Å²) in [7, 11) is 3.22. The SMILES string of the molecule is COc1ccc(OC)c(-n2nnnc2SCc2ccc(Cl)c3cccnc23)c1.